The van der Waals surface area contributed by atoms with E-state index in [1.165, 1.54) is 32.1 Å². The second kappa shape index (κ2) is 13.9. The molecule has 0 aromatic rings. The molecule has 1 atom stereocenters. The van der Waals surface area contributed by atoms with Gasteiger partial charge in [-0.15, -0.1) is 0 Å². The summed E-state index contributed by atoms with van der Waals surface area (Å²) in [7, 11) is 1.66. The first kappa shape index (κ1) is 16.9. The Morgan fingerprint density at radius 2 is 1.59 bits per heavy atom. The minimum absolute atomic E-state index is 0.191. The predicted molar refractivity (Wildman–Crippen MR) is 71.3 cm³/mol. The van der Waals surface area contributed by atoms with E-state index in [1.807, 2.05) is 0 Å². The molecule has 1 N–H and O–H groups in total. The van der Waals surface area contributed by atoms with Gasteiger partial charge in [0.2, 0.25) is 0 Å². The van der Waals surface area contributed by atoms with Crippen molar-refractivity contribution in [3.05, 3.63) is 0 Å². The minimum Gasteiger partial charge on any atom is -0.393 e. The summed E-state index contributed by atoms with van der Waals surface area (Å²) in [6.07, 6.45) is 9.15. The lowest BCUT2D eigenvalue weighted by Crippen LogP contribution is -2.12. The first-order valence-corrected chi connectivity index (χ1v) is 7.06. The molecule has 0 rings (SSSR count). The van der Waals surface area contributed by atoms with Crippen LogP contribution in [0.4, 0.5) is 0 Å². The molecule has 0 saturated carbocycles. The molecule has 0 aliphatic rings. The Morgan fingerprint density at radius 1 is 0.882 bits per heavy atom. The molecular weight excluding hydrogens is 216 g/mol. The van der Waals surface area contributed by atoms with Crippen LogP contribution in [0.5, 0.6) is 0 Å². The highest BCUT2D eigenvalue weighted by Gasteiger charge is 2.03. The van der Waals surface area contributed by atoms with Gasteiger partial charge in [-0.2, -0.15) is 0 Å². The van der Waals surface area contributed by atoms with Gasteiger partial charge in [-0.25, -0.2) is 0 Å². The summed E-state index contributed by atoms with van der Waals surface area (Å²) in [6.45, 7) is 4.13. The lowest BCUT2D eigenvalue weighted by Gasteiger charge is -2.10. The first-order valence-electron chi connectivity index (χ1n) is 7.06. The van der Waals surface area contributed by atoms with Crippen molar-refractivity contribution in [3.63, 3.8) is 0 Å². The maximum atomic E-state index is 9.70. The van der Waals surface area contributed by atoms with Crippen LogP contribution in [0.25, 0.3) is 0 Å². The van der Waals surface area contributed by atoms with Crippen LogP contribution in [-0.4, -0.2) is 38.1 Å². The molecule has 0 heterocycles. The zero-order chi connectivity index (χ0) is 12.8. The summed E-state index contributed by atoms with van der Waals surface area (Å²) in [5.41, 5.74) is 0. The third-order valence-corrected chi connectivity index (χ3v) is 2.92. The van der Waals surface area contributed by atoms with E-state index in [-0.39, 0.29) is 6.10 Å². The topological polar surface area (TPSA) is 38.7 Å². The Labute approximate surface area is 107 Å². The summed E-state index contributed by atoms with van der Waals surface area (Å²) in [5.74, 6) is 0. The van der Waals surface area contributed by atoms with Crippen LogP contribution < -0.4 is 0 Å². The average Bonchev–Trinajstić information content (AvgIpc) is 2.33. The third kappa shape index (κ3) is 13.8. The standard InChI is InChI=1S/C14H30O3/c1-3-4-5-6-7-8-9-14(15)10-11-17-13-12-16-2/h14-15H,3-13H2,1-2H3. The molecule has 1 unspecified atom stereocenters. The maximum absolute atomic E-state index is 9.70. The molecule has 0 aromatic carbocycles. The van der Waals surface area contributed by atoms with E-state index in [0.29, 0.717) is 19.8 Å². The van der Waals surface area contributed by atoms with Crippen LogP contribution in [0.3, 0.4) is 0 Å². The maximum Gasteiger partial charge on any atom is 0.0700 e. The van der Waals surface area contributed by atoms with E-state index in [0.717, 1.165) is 19.3 Å². The number of hydrogen-bond donors (Lipinski definition) is 1. The minimum atomic E-state index is -0.191. The van der Waals surface area contributed by atoms with E-state index in [2.05, 4.69) is 6.92 Å². The van der Waals surface area contributed by atoms with Gasteiger partial charge in [0.05, 0.1) is 19.3 Å². The quantitative estimate of drug-likeness (QED) is 0.507. The lowest BCUT2D eigenvalue weighted by atomic mass is 10.1. The Hall–Kier alpha value is -0.120. The Balaban J connectivity index is 3.09. The molecule has 17 heavy (non-hydrogen) atoms. The summed E-state index contributed by atoms with van der Waals surface area (Å²) >= 11 is 0. The fourth-order valence-corrected chi connectivity index (χ4v) is 1.77. The number of methoxy groups -OCH3 is 1. The molecule has 0 amide bonds. The lowest BCUT2D eigenvalue weighted by molar-refractivity contribution is 0.0454. The normalized spacial score (nSPS) is 12.9. The molecule has 0 spiro atoms. The van der Waals surface area contributed by atoms with Crippen molar-refractivity contribution in [1.29, 1.82) is 0 Å². The van der Waals surface area contributed by atoms with Crippen LogP contribution in [0, 0.1) is 0 Å². The molecule has 0 radical (unpaired) electrons. The monoisotopic (exact) mass is 246 g/mol. The average molecular weight is 246 g/mol. The van der Waals surface area contributed by atoms with Crippen molar-refractivity contribution in [1.82, 2.24) is 0 Å². The first-order chi connectivity index (χ1) is 8.31. The summed E-state index contributed by atoms with van der Waals surface area (Å²) < 4.78 is 10.2. The molecule has 3 nitrogen and oxygen atoms in total. The third-order valence-electron chi connectivity index (χ3n) is 2.92. The van der Waals surface area contributed by atoms with Crippen molar-refractivity contribution in [2.24, 2.45) is 0 Å². The Kier molecular flexibility index (Phi) is 13.8. The number of unbranched alkanes of at least 4 members (excludes halogenated alkanes) is 5. The van der Waals surface area contributed by atoms with Gasteiger partial charge in [0.15, 0.2) is 0 Å². The molecule has 0 aliphatic carbocycles. The van der Waals surface area contributed by atoms with Gasteiger partial charge < -0.3 is 14.6 Å². The highest BCUT2D eigenvalue weighted by Crippen LogP contribution is 2.10. The number of aliphatic hydroxyl groups is 1. The van der Waals surface area contributed by atoms with Crippen molar-refractivity contribution in [3.8, 4) is 0 Å². The zero-order valence-electron chi connectivity index (χ0n) is 11.6. The van der Waals surface area contributed by atoms with Gasteiger partial charge in [-0.05, 0) is 12.8 Å². The number of rotatable bonds is 13. The van der Waals surface area contributed by atoms with E-state index in [1.54, 1.807) is 7.11 Å². The SMILES string of the molecule is CCCCCCCCC(O)CCOCCOC. The molecule has 0 saturated heterocycles. The summed E-state index contributed by atoms with van der Waals surface area (Å²) in [5, 5.41) is 9.70. The summed E-state index contributed by atoms with van der Waals surface area (Å²) in [6, 6.07) is 0. The Bertz CT molecular complexity index is 139. The number of aliphatic hydroxyl groups excluding tert-OH is 1. The van der Waals surface area contributed by atoms with Crippen molar-refractivity contribution in [2.45, 2.75) is 64.4 Å². The van der Waals surface area contributed by atoms with Crippen LogP contribution in [-0.2, 0) is 9.47 Å². The zero-order valence-corrected chi connectivity index (χ0v) is 11.6. The number of ether oxygens (including phenoxy) is 2. The van der Waals surface area contributed by atoms with Crippen LogP contribution in [0.15, 0.2) is 0 Å². The number of hydrogen-bond acceptors (Lipinski definition) is 3. The van der Waals surface area contributed by atoms with Crippen molar-refractivity contribution in [2.75, 3.05) is 26.9 Å². The molecule has 0 aromatic heterocycles. The fourth-order valence-electron chi connectivity index (χ4n) is 1.77. The van der Waals surface area contributed by atoms with Crippen molar-refractivity contribution < 1.29 is 14.6 Å². The highest BCUT2D eigenvalue weighted by atomic mass is 16.5. The van der Waals surface area contributed by atoms with Gasteiger partial charge in [-0.3, -0.25) is 0 Å². The molecule has 0 fully saturated rings. The second-order valence-electron chi connectivity index (χ2n) is 4.60. The molecule has 3 heteroatoms. The van der Waals surface area contributed by atoms with Gasteiger partial charge in [0.1, 0.15) is 0 Å². The van der Waals surface area contributed by atoms with Crippen LogP contribution >= 0.6 is 0 Å². The predicted octanol–water partition coefficient (Wildman–Crippen LogP) is 3.15. The van der Waals surface area contributed by atoms with E-state index in [4.69, 9.17) is 9.47 Å². The molecule has 0 bridgehead atoms. The van der Waals surface area contributed by atoms with E-state index in [9.17, 15) is 5.11 Å². The van der Waals surface area contributed by atoms with Crippen molar-refractivity contribution >= 4 is 0 Å². The second-order valence-corrected chi connectivity index (χ2v) is 4.60. The van der Waals surface area contributed by atoms with Crippen LogP contribution in [0.1, 0.15) is 58.3 Å². The van der Waals surface area contributed by atoms with Crippen LogP contribution in [0.2, 0.25) is 0 Å². The highest BCUT2D eigenvalue weighted by molar-refractivity contribution is 4.56. The molecule has 104 valence electrons. The summed E-state index contributed by atoms with van der Waals surface area (Å²) in [4.78, 5) is 0. The molecule has 0 aliphatic heterocycles. The van der Waals surface area contributed by atoms with Gasteiger partial charge >= 0.3 is 0 Å². The van der Waals surface area contributed by atoms with Gasteiger partial charge in [0, 0.05) is 13.7 Å². The van der Waals surface area contributed by atoms with Gasteiger partial charge in [0.25, 0.3) is 0 Å². The fraction of sp³-hybridized carbons (Fsp3) is 1.00. The largest absolute Gasteiger partial charge is 0.393 e. The van der Waals surface area contributed by atoms with E-state index < -0.39 is 0 Å². The Morgan fingerprint density at radius 3 is 2.29 bits per heavy atom. The van der Waals surface area contributed by atoms with Gasteiger partial charge in [-0.1, -0.05) is 45.4 Å². The smallest absolute Gasteiger partial charge is 0.0700 e. The van der Waals surface area contributed by atoms with E-state index >= 15 is 0 Å². The molecular formula is C14H30O3.